The number of phenols is 1. The first kappa shape index (κ1) is 19.1. The van der Waals surface area contributed by atoms with Gasteiger partial charge in [-0.2, -0.15) is 0 Å². The lowest BCUT2D eigenvalue weighted by Crippen LogP contribution is -2.13. The van der Waals surface area contributed by atoms with E-state index in [0.29, 0.717) is 38.9 Å². The van der Waals surface area contributed by atoms with Gasteiger partial charge in [-0.1, -0.05) is 18.2 Å². The monoisotopic (exact) mass is 411 g/mol. The number of phenolic OH excluding ortho intramolecular Hbond substituents is 1. The van der Waals surface area contributed by atoms with Crippen molar-refractivity contribution < 1.29 is 23.0 Å². The maximum absolute atomic E-state index is 13.7. The molecule has 0 amide bonds. The zero-order valence-corrected chi connectivity index (χ0v) is 17.4. The van der Waals surface area contributed by atoms with Gasteiger partial charge < -0.3 is 14.6 Å². The minimum absolute atomic E-state index is 0.0644. The maximum Gasteiger partial charge on any atom is 0.268 e. The third-order valence-corrected chi connectivity index (χ3v) is 7.07. The van der Waals surface area contributed by atoms with E-state index in [1.807, 2.05) is 13.0 Å². The van der Waals surface area contributed by atoms with Crippen LogP contribution in [0, 0.1) is 13.8 Å². The predicted molar refractivity (Wildman–Crippen MR) is 113 cm³/mol. The van der Waals surface area contributed by atoms with Crippen LogP contribution in [0.5, 0.6) is 17.2 Å². The molecule has 3 aromatic carbocycles. The highest BCUT2D eigenvalue weighted by atomic mass is 32.2. The summed E-state index contributed by atoms with van der Waals surface area (Å²) in [6.45, 7) is 3.63. The standard InChI is InChI=1S/C22H21NO5S/c1-13-14(2)22(28-4)21(24)19-17-7-5-6-8-18(17)23(20(13)19)29(25,26)16-11-9-15(27-3)10-12-16/h5-12,24H,1-4H3. The van der Waals surface area contributed by atoms with Gasteiger partial charge in [-0.15, -0.1) is 0 Å². The summed E-state index contributed by atoms with van der Waals surface area (Å²) in [4.78, 5) is 0.133. The van der Waals surface area contributed by atoms with Crippen molar-refractivity contribution in [2.24, 2.45) is 0 Å². The Morgan fingerprint density at radius 2 is 1.55 bits per heavy atom. The van der Waals surface area contributed by atoms with E-state index in [9.17, 15) is 13.5 Å². The van der Waals surface area contributed by atoms with E-state index in [1.54, 1.807) is 37.3 Å². The summed E-state index contributed by atoms with van der Waals surface area (Å²) in [6, 6.07) is 13.4. The Bertz CT molecular complexity index is 1350. The molecule has 0 saturated heterocycles. The van der Waals surface area contributed by atoms with Crippen LogP contribution in [0.15, 0.2) is 53.4 Å². The number of hydrogen-bond acceptors (Lipinski definition) is 5. The van der Waals surface area contributed by atoms with E-state index in [1.165, 1.54) is 30.3 Å². The van der Waals surface area contributed by atoms with Crippen LogP contribution >= 0.6 is 0 Å². The largest absolute Gasteiger partial charge is 0.504 e. The summed E-state index contributed by atoms with van der Waals surface area (Å²) in [7, 11) is -0.927. The first-order valence-electron chi connectivity index (χ1n) is 9.01. The van der Waals surface area contributed by atoms with E-state index in [0.717, 1.165) is 5.56 Å². The molecule has 1 aromatic heterocycles. The number of aromatic nitrogens is 1. The molecule has 0 radical (unpaired) electrons. The van der Waals surface area contributed by atoms with E-state index in [4.69, 9.17) is 9.47 Å². The Morgan fingerprint density at radius 3 is 2.17 bits per heavy atom. The van der Waals surface area contributed by atoms with Gasteiger partial charge in [0.2, 0.25) is 0 Å². The molecule has 150 valence electrons. The topological polar surface area (TPSA) is 77.8 Å². The molecule has 4 rings (SSSR count). The number of methoxy groups -OCH3 is 2. The normalized spacial score (nSPS) is 11.9. The van der Waals surface area contributed by atoms with Gasteiger partial charge >= 0.3 is 0 Å². The smallest absolute Gasteiger partial charge is 0.268 e. The number of rotatable bonds is 4. The molecule has 0 saturated carbocycles. The number of benzene rings is 3. The average Bonchev–Trinajstić information content (AvgIpc) is 3.09. The van der Waals surface area contributed by atoms with Crippen LogP contribution < -0.4 is 9.47 Å². The van der Waals surface area contributed by atoms with Gasteiger partial charge in [0.15, 0.2) is 11.5 Å². The molecule has 1 N–H and O–H groups in total. The average molecular weight is 411 g/mol. The van der Waals surface area contributed by atoms with Crippen molar-refractivity contribution in [2.45, 2.75) is 18.7 Å². The lowest BCUT2D eigenvalue weighted by molar-refractivity contribution is 0.373. The maximum atomic E-state index is 13.7. The molecule has 0 aliphatic rings. The Labute approximate surface area is 169 Å². The quantitative estimate of drug-likeness (QED) is 0.540. The summed E-state index contributed by atoms with van der Waals surface area (Å²) in [6.07, 6.45) is 0. The van der Waals surface area contributed by atoms with Crippen molar-refractivity contribution in [3.8, 4) is 17.2 Å². The number of fused-ring (bicyclic) bond motifs is 3. The van der Waals surface area contributed by atoms with Crippen LogP contribution in [0.2, 0.25) is 0 Å². The third-order valence-electron chi connectivity index (χ3n) is 5.34. The molecule has 0 aliphatic carbocycles. The molecule has 0 aliphatic heterocycles. The molecule has 4 aromatic rings. The summed E-state index contributed by atoms with van der Waals surface area (Å²) in [5, 5.41) is 12.0. The van der Waals surface area contributed by atoms with Gasteiger partial charge in [-0.05, 0) is 55.3 Å². The molecule has 0 unspecified atom stereocenters. The van der Waals surface area contributed by atoms with Crippen molar-refractivity contribution >= 4 is 31.8 Å². The lowest BCUT2D eigenvalue weighted by atomic mass is 10.0. The minimum atomic E-state index is -3.94. The van der Waals surface area contributed by atoms with Gasteiger partial charge in [0.25, 0.3) is 10.0 Å². The second-order valence-corrected chi connectivity index (χ2v) is 8.60. The highest BCUT2D eigenvalue weighted by Crippen LogP contribution is 2.46. The predicted octanol–water partition coefficient (Wildman–Crippen LogP) is 4.37. The molecular formula is C22H21NO5S. The molecule has 1 heterocycles. The molecule has 6 nitrogen and oxygen atoms in total. The Morgan fingerprint density at radius 1 is 0.897 bits per heavy atom. The zero-order chi connectivity index (χ0) is 20.9. The number of para-hydroxylation sites is 1. The summed E-state index contributed by atoms with van der Waals surface area (Å²) in [5.41, 5.74) is 2.34. The van der Waals surface area contributed by atoms with Crippen LogP contribution in [-0.2, 0) is 10.0 Å². The SMILES string of the molecule is COc1ccc(S(=O)(=O)n2c3ccccc3c3c(O)c(OC)c(C)c(C)c32)cc1. The second-order valence-electron chi connectivity index (χ2n) is 6.82. The summed E-state index contributed by atoms with van der Waals surface area (Å²) in [5.74, 6) is 0.853. The Kier molecular flexibility index (Phi) is 4.42. The van der Waals surface area contributed by atoms with Crippen LogP contribution in [0.25, 0.3) is 21.8 Å². The Balaban J connectivity index is 2.19. The van der Waals surface area contributed by atoms with Gasteiger partial charge in [0.1, 0.15) is 5.75 Å². The number of ether oxygens (including phenoxy) is 2. The van der Waals surface area contributed by atoms with Gasteiger partial charge in [-0.3, -0.25) is 0 Å². The molecule has 0 spiro atoms. The fourth-order valence-electron chi connectivity index (χ4n) is 3.78. The summed E-state index contributed by atoms with van der Waals surface area (Å²) >= 11 is 0. The fraction of sp³-hybridized carbons (Fsp3) is 0.182. The number of aromatic hydroxyl groups is 1. The molecule has 0 atom stereocenters. The first-order valence-corrected chi connectivity index (χ1v) is 10.5. The van der Waals surface area contributed by atoms with Gasteiger partial charge in [0.05, 0.1) is 35.5 Å². The Hall–Kier alpha value is -3.19. The van der Waals surface area contributed by atoms with Crippen LogP contribution in [0.3, 0.4) is 0 Å². The van der Waals surface area contributed by atoms with E-state index in [-0.39, 0.29) is 10.6 Å². The second kappa shape index (κ2) is 6.70. The van der Waals surface area contributed by atoms with Crippen LogP contribution in [-0.4, -0.2) is 31.7 Å². The van der Waals surface area contributed by atoms with Crippen molar-refractivity contribution in [3.05, 3.63) is 59.7 Å². The fourth-order valence-corrected chi connectivity index (χ4v) is 5.36. The van der Waals surface area contributed by atoms with E-state index < -0.39 is 10.0 Å². The number of nitrogens with zero attached hydrogens (tertiary/aromatic N) is 1. The van der Waals surface area contributed by atoms with Crippen molar-refractivity contribution in [1.29, 1.82) is 0 Å². The molecule has 7 heteroatoms. The van der Waals surface area contributed by atoms with Crippen LogP contribution in [0.1, 0.15) is 11.1 Å². The summed E-state index contributed by atoms with van der Waals surface area (Å²) < 4.78 is 39.2. The molecule has 0 fully saturated rings. The van der Waals surface area contributed by atoms with Gasteiger partial charge in [0, 0.05) is 5.39 Å². The van der Waals surface area contributed by atoms with Crippen molar-refractivity contribution in [2.75, 3.05) is 14.2 Å². The minimum Gasteiger partial charge on any atom is -0.504 e. The van der Waals surface area contributed by atoms with E-state index >= 15 is 0 Å². The van der Waals surface area contributed by atoms with Crippen molar-refractivity contribution in [1.82, 2.24) is 3.97 Å². The molecule has 29 heavy (non-hydrogen) atoms. The lowest BCUT2D eigenvalue weighted by Gasteiger charge is -2.15. The highest BCUT2D eigenvalue weighted by Gasteiger charge is 2.28. The molecular weight excluding hydrogens is 390 g/mol. The van der Waals surface area contributed by atoms with Crippen LogP contribution in [0.4, 0.5) is 0 Å². The third kappa shape index (κ3) is 2.65. The van der Waals surface area contributed by atoms with E-state index in [2.05, 4.69) is 0 Å². The first-order chi connectivity index (χ1) is 13.8. The number of aryl methyl sites for hydroxylation is 1. The zero-order valence-electron chi connectivity index (χ0n) is 16.6. The van der Waals surface area contributed by atoms with Gasteiger partial charge in [-0.25, -0.2) is 12.4 Å². The van der Waals surface area contributed by atoms with Crippen molar-refractivity contribution in [3.63, 3.8) is 0 Å². The number of hydrogen-bond donors (Lipinski definition) is 1. The highest BCUT2D eigenvalue weighted by molar-refractivity contribution is 7.90. The molecule has 0 bridgehead atoms.